The van der Waals surface area contributed by atoms with Crippen LogP contribution in [0.5, 0.6) is 11.5 Å². The van der Waals surface area contributed by atoms with Crippen molar-refractivity contribution in [2.24, 2.45) is 0 Å². The summed E-state index contributed by atoms with van der Waals surface area (Å²) in [6.07, 6.45) is 1.41. The van der Waals surface area contributed by atoms with Crippen LogP contribution in [0.25, 0.3) is 0 Å². The number of nitrogens with one attached hydrogen (secondary N) is 2. The molecular weight excluding hydrogens is 330 g/mol. The van der Waals surface area contributed by atoms with Gasteiger partial charge in [-0.2, -0.15) is 5.26 Å². The van der Waals surface area contributed by atoms with E-state index in [2.05, 4.69) is 10.6 Å². The number of hydrogen-bond acceptors (Lipinski definition) is 5. The van der Waals surface area contributed by atoms with Crippen LogP contribution in [0.2, 0.25) is 0 Å². The van der Waals surface area contributed by atoms with E-state index in [-0.39, 0.29) is 5.57 Å². The SMILES string of the molecule is COc1ccc(OC)c(NC(=O)/C(C#N)=C\NCc2cccc(C)c2)c1. The zero-order valence-corrected chi connectivity index (χ0v) is 15.0. The maximum atomic E-state index is 12.4. The Bertz CT molecular complexity index is 854. The summed E-state index contributed by atoms with van der Waals surface area (Å²) in [5.74, 6) is 0.515. The Morgan fingerprint density at radius 2 is 2.00 bits per heavy atom. The van der Waals surface area contributed by atoms with Gasteiger partial charge in [0.2, 0.25) is 0 Å². The van der Waals surface area contributed by atoms with Gasteiger partial charge in [-0.1, -0.05) is 29.8 Å². The Kier molecular flexibility index (Phi) is 6.63. The largest absolute Gasteiger partial charge is 0.497 e. The van der Waals surface area contributed by atoms with Crippen molar-refractivity contribution in [3.05, 3.63) is 65.4 Å². The van der Waals surface area contributed by atoms with Crippen molar-refractivity contribution < 1.29 is 14.3 Å². The minimum atomic E-state index is -0.532. The Morgan fingerprint density at radius 3 is 2.65 bits per heavy atom. The lowest BCUT2D eigenvalue weighted by Gasteiger charge is -2.11. The molecule has 0 heterocycles. The van der Waals surface area contributed by atoms with E-state index < -0.39 is 5.91 Å². The molecule has 0 saturated heterocycles. The van der Waals surface area contributed by atoms with Crippen LogP contribution in [0, 0.1) is 18.3 Å². The molecule has 6 nitrogen and oxygen atoms in total. The van der Waals surface area contributed by atoms with Crippen LogP contribution in [0.15, 0.2) is 54.2 Å². The molecule has 0 saturated carbocycles. The van der Waals surface area contributed by atoms with Crippen LogP contribution in [0.3, 0.4) is 0 Å². The standard InChI is InChI=1S/C20H21N3O3/c1-14-5-4-6-15(9-14)12-22-13-16(11-21)20(24)23-18-10-17(25-2)7-8-19(18)26-3/h4-10,13,22H,12H2,1-3H3,(H,23,24)/b16-13-. The van der Waals surface area contributed by atoms with E-state index in [4.69, 9.17) is 9.47 Å². The van der Waals surface area contributed by atoms with Crippen LogP contribution >= 0.6 is 0 Å². The normalized spacial score (nSPS) is 10.6. The number of carbonyl (C=O) groups excluding carboxylic acids is 1. The van der Waals surface area contributed by atoms with Crippen LogP contribution < -0.4 is 20.1 Å². The van der Waals surface area contributed by atoms with E-state index in [1.54, 1.807) is 18.2 Å². The van der Waals surface area contributed by atoms with Crippen molar-refractivity contribution in [1.82, 2.24) is 5.32 Å². The second-order valence-corrected chi connectivity index (χ2v) is 5.56. The van der Waals surface area contributed by atoms with Crippen LogP contribution in [0.1, 0.15) is 11.1 Å². The molecule has 0 aliphatic rings. The number of benzene rings is 2. The summed E-state index contributed by atoms with van der Waals surface area (Å²) in [4.78, 5) is 12.4. The first-order chi connectivity index (χ1) is 12.6. The molecule has 0 bridgehead atoms. The molecule has 0 aromatic heterocycles. The summed E-state index contributed by atoms with van der Waals surface area (Å²) in [6.45, 7) is 2.53. The molecule has 0 aliphatic carbocycles. The van der Waals surface area contributed by atoms with Crippen molar-refractivity contribution >= 4 is 11.6 Å². The van der Waals surface area contributed by atoms with E-state index in [1.165, 1.54) is 20.4 Å². The van der Waals surface area contributed by atoms with Crippen LogP contribution in [-0.2, 0) is 11.3 Å². The third kappa shape index (κ3) is 5.02. The number of nitrogens with zero attached hydrogens (tertiary/aromatic N) is 1. The molecule has 0 radical (unpaired) electrons. The molecule has 2 aromatic carbocycles. The first kappa shape index (κ1) is 18.9. The average molecular weight is 351 g/mol. The number of amides is 1. The van der Waals surface area contributed by atoms with E-state index in [0.717, 1.165) is 11.1 Å². The van der Waals surface area contributed by atoms with Crippen molar-refractivity contribution in [3.63, 3.8) is 0 Å². The van der Waals surface area contributed by atoms with E-state index in [1.807, 2.05) is 37.3 Å². The molecule has 134 valence electrons. The molecule has 2 N–H and O–H groups in total. The smallest absolute Gasteiger partial charge is 0.267 e. The maximum Gasteiger partial charge on any atom is 0.267 e. The van der Waals surface area contributed by atoms with Crippen LogP contribution in [0.4, 0.5) is 5.69 Å². The molecule has 0 aliphatic heterocycles. The second kappa shape index (κ2) is 9.14. The predicted molar refractivity (Wildman–Crippen MR) is 99.9 cm³/mol. The van der Waals surface area contributed by atoms with E-state index in [9.17, 15) is 10.1 Å². The summed E-state index contributed by atoms with van der Waals surface area (Å²) in [5, 5.41) is 14.9. The first-order valence-electron chi connectivity index (χ1n) is 8.00. The highest BCUT2D eigenvalue weighted by molar-refractivity contribution is 6.07. The van der Waals surface area contributed by atoms with Gasteiger partial charge in [0.1, 0.15) is 23.1 Å². The lowest BCUT2D eigenvalue weighted by atomic mass is 10.1. The number of ether oxygens (including phenoxy) is 2. The highest BCUT2D eigenvalue weighted by Gasteiger charge is 2.13. The number of anilines is 1. The van der Waals surface area contributed by atoms with Crippen molar-refractivity contribution in [3.8, 4) is 17.6 Å². The third-order valence-corrected chi connectivity index (χ3v) is 3.65. The zero-order chi connectivity index (χ0) is 18.9. The average Bonchev–Trinajstić information content (AvgIpc) is 2.65. The molecule has 2 aromatic rings. The van der Waals surface area contributed by atoms with Crippen LogP contribution in [-0.4, -0.2) is 20.1 Å². The van der Waals surface area contributed by atoms with Gasteiger partial charge in [0.25, 0.3) is 5.91 Å². The minimum Gasteiger partial charge on any atom is -0.497 e. The molecule has 26 heavy (non-hydrogen) atoms. The Balaban J connectivity index is 2.07. The highest BCUT2D eigenvalue weighted by Crippen LogP contribution is 2.29. The summed E-state index contributed by atoms with van der Waals surface area (Å²) >= 11 is 0. The molecule has 0 fully saturated rings. The fourth-order valence-corrected chi connectivity index (χ4v) is 2.34. The third-order valence-electron chi connectivity index (χ3n) is 3.65. The fourth-order valence-electron chi connectivity index (χ4n) is 2.34. The molecule has 2 rings (SSSR count). The number of rotatable bonds is 7. The van der Waals surface area contributed by atoms with E-state index in [0.29, 0.717) is 23.7 Å². The Labute approximate surface area is 153 Å². The number of nitriles is 1. The summed E-state index contributed by atoms with van der Waals surface area (Å²) in [6, 6.07) is 14.9. The number of methoxy groups -OCH3 is 2. The topological polar surface area (TPSA) is 83.4 Å². The number of aryl methyl sites for hydroxylation is 1. The zero-order valence-electron chi connectivity index (χ0n) is 15.0. The monoisotopic (exact) mass is 351 g/mol. The predicted octanol–water partition coefficient (Wildman–Crippen LogP) is 3.15. The van der Waals surface area contributed by atoms with Gasteiger partial charge in [0, 0.05) is 18.8 Å². The van der Waals surface area contributed by atoms with E-state index >= 15 is 0 Å². The molecule has 1 amide bonds. The fraction of sp³-hybridized carbons (Fsp3) is 0.200. The van der Waals surface area contributed by atoms with Gasteiger partial charge in [0.05, 0.1) is 19.9 Å². The minimum absolute atomic E-state index is 0.0393. The van der Waals surface area contributed by atoms with Gasteiger partial charge >= 0.3 is 0 Å². The van der Waals surface area contributed by atoms with Gasteiger partial charge in [-0.25, -0.2) is 0 Å². The van der Waals surface area contributed by atoms with Gasteiger partial charge in [0.15, 0.2) is 0 Å². The number of carbonyl (C=O) groups is 1. The van der Waals surface area contributed by atoms with Gasteiger partial charge in [-0.15, -0.1) is 0 Å². The Morgan fingerprint density at radius 1 is 1.19 bits per heavy atom. The Hall–Kier alpha value is -3.46. The molecule has 0 atom stereocenters. The maximum absolute atomic E-state index is 12.4. The van der Waals surface area contributed by atoms with Gasteiger partial charge in [-0.3, -0.25) is 4.79 Å². The first-order valence-corrected chi connectivity index (χ1v) is 8.00. The molecular formula is C20H21N3O3. The molecule has 0 unspecified atom stereocenters. The molecule has 0 spiro atoms. The lowest BCUT2D eigenvalue weighted by molar-refractivity contribution is -0.112. The summed E-state index contributed by atoms with van der Waals surface area (Å²) in [7, 11) is 3.03. The van der Waals surface area contributed by atoms with Crippen molar-refractivity contribution in [1.29, 1.82) is 5.26 Å². The van der Waals surface area contributed by atoms with Crippen molar-refractivity contribution in [2.75, 3.05) is 19.5 Å². The lowest BCUT2D eigenvalue weighted by Crippen LogP contribution is -2.17. The number of hydrogen-bond donors (Lipinski definition) is 2. The van der Waals surface area contributed by atoms with Gasteiger partial charge in [-0.05, 0) is 24.6 Å². The van der Waals surface area contributed by atoms with Crippen molar-refractivity contribution in [2.45, 2.75) is 13.5 Å². The molecule has 6 heteroatoms. The highest BCUT2D eigenvalue weighted by atomic mass is 16.5. The quantitative estimate of drug-likeness (QED) is 0.591. The summed E-state index contributed by atoms with van der Waals surface area (Å²) in [5.41, 5.74) is 2.60. The summed E-state index contributed by atoms with van der Waals surface area (Å²) < 4.78 is 10.4. The van der Waals surface area contributed by atoms with Gasteiger partial charge < -0.3 is 20.1 Å². The second-order valence-electron chi connectivity index (χ2n) is 5.56.